The van der Waals surface area contributed by atoms with Crippen molar-refractivity contribution in [3.05, 3.63) is 70.3 Å². The Balaban J connectivity index is 2.01. The van der Waals surface area contributed by atoms with Crippen LogP contribution in [0.2, 0.25) is 0 Å². The number of ether oxygens (including phenoxy) is 1. The number of nitrogens with zero attached hydrogens (tertiary/aromatic N) is 1. The van der Waals surface area contributed by atoms with Gasteiger partial charge in [-0.2, -0.15) is 0 Å². The van der Waals surface area contributed by atoms with Gasteiger partial charge in [0.15, 0.2) is 12.2 Å². The van der Waals surface area contributed by atoms with Gasteiger partial charge in [-0.3, -0.25) is 14.9 Å². The lowest BCUT2D eigenvalue weighted by molar-refractivity contribution is -0.383. The summed E-state index contributed by atoms with van der Waals surface area (Å²) >= 11 is 0. The molecule has 2 atom stereocenters. The van der Waals surface area contributed by atoms with Crippen LogP contribution >= 0.6 is 0 Å². The maximum Gasteiger partial charge on any atom is 0.340 e. The number of aliphatic hydroxyl groups is 1. The molecule has 8 nitrogen and oxygen atoms in total. The minimum absolute atomic E-state index is 0.0102. The standard InChI is InChI=1S/C17H16N2O6/c1-11(25-17(22)15(20)12-7-3-2-4-8-12)16(21)18-13-9-5-6-10-14(13)19(23)24/h2-11,15,20H,1H3,(H,18,21)/t11-,15+/m1/s1. The number of nitro groups is 1. The molecule has 0 aliphatic heterocycles. The second kappa shape index (κ2) is 8.02. The molecule has 0 fully saturated rings. The molecular weight excluding hydrogens is 328 g/mol. The molecule has 0 aliphatic carbocycles. The number of para-hydroxylation sites is 2. The lowest BCUT2D eigenvalue weighted by atomic mass is 10.1. The number of benzene rings is 2. The number of aliphatic hydroxyl groups excluding tert-OH is 1. The number of anilines is 1. The Kier molecular flexibility index (Phi) is 5.80. The van der Waals surface area contributed by atoms with E-state index >= 15 is 0 Å². The molecule has 0 spiro atoms. The van der Waals surface area contributed by atoms with Crippen LogP contribution in [0.5, 0.6) is 0 Å². The van der Waals surface area contributed by atoms with E-state index in [4.69, 9.17) is 4.74 Å². The van der Waals surface area contributed by atoms with Crippen molar-refractivity contribution in [1.82, 2.24) is 0 Å². The highest BCUT2D eigenvalue weighted by Crippen LogP contribution is 2.23. The molecule has 2 N–H and O–H groups in total. The lowest BCUT2D eigenvalue weighted by Gasteiger charge is -2.16. The summed E-state index contributed by atoms with van der Waals surface area (Å²) in [6.45, 7) is 1.31. The van der Waals surface area contributed by atoms with Crippen LogP contribution in [-0.2, 0) is 14.3 Å². The summed E-state index contributed by atoms with van der Waals surface area (Å²) in [5.74, 6) is -1.74. The summed E-state index contributed by atoms with van der Waals surface area (Å²) in [6.07, 6.45) is -2.77. The molecule has 130 valence electrons. The highest BCUT2D eigenvalue weighted by atomic mass is 16.6. The molecule has 8 heteroatoms. The van der Waals surface area contributed by atoms with Gasteiger partial charge in [0.2, 0.25) is 0 Å². The van der Waals surface area contributed by atoms with Crippen LogP contribution in [-0.4, -0.2) is 28.0 Å². The van der Waals surface area contributed by atoms with E-state index in [1.165, 1.54) is 31.2 Å². The van der Waals surface area contributed by atoms with Gasteiger partial charge in [-0.05, 0) is 18.6 Å². The number of nitro benzene ring substituents is 1. The van der Waals surface area contributed by atoms with Gasteiger partial charge in [0, 0.05) is 6.07 Å². The van der Waals surface area contributed by atoms with Crippen LogP contribution in [0.1, 0.15) is 18.6 Å². The topological polar surface area (TPSA) is 119 Å². The zero-order valence-electron chi connectivity index (χ0n) is 13.3. The van der Waals surface area contributed by atoms with Crippen molar-refractivity contribution in [2.24, 2.45) is 0 Å². The highest BCUT2D eigenvalue weighted by molar-refractivity contribution is 5.97. The third kappa shape index (κ3) is 4.61. The van der Waals surface area contributed by atoms with Crippen LogP contribution in [0, 0.1) is 10.1 Å². The number of rotatable bonds is 6. The van der Waals surface area contributed by atoms with E-state index < -0.39 is 29.0 Å². The fourth-order valence-electron chi connectivity index (χ4n) is 2.04. The van der Waals surface area contributed by atoms with Crippen LogP contribution in [0.25, 0.3) is 0 Å². The number of hydrogen-bond donors (Lipinski definition) is 2. The molecule has 0 radical (unpaired) electrons. The van der Waals surface area contributed by atoms with Gasteiger partial charge < -0.3 is 15.2 Å². The first-order valence-electron chi connectivity index (χ1n) is 7.38. The fraction of sp³-hybridized carbons (Fsp3) is 0.176. The Bertz CT molecular complexity index is 778. The highest BCUT2D eigenvalue weighted by Gasteiger charge is 2.25. The normalized spacial score (nSPS) is 12.7. The Morgan fingerprint density at radius 2 is 1.72 bits per heavy atom. The molecule has 25 heavy (non-hydrogen) atoms. The van der Waals surface area contributed by atoms with Gasteiger partial charge in [0.05, 0.1) is 4.92 Å². The zero-order chi connectivity index (χ0) is 18.4. The number of hydrogen-bond acceptors (Lipinski definition) is 6. The van der Waals surface area contributed by atoms with E-state index in [-0.39, 0.29) is 11.4 Å². The predicted molar refractivity (Wildman–Crippen MR) is 88.7 cm³/mol. The molecule has 1 amide bonds. The molecular formula is C17H16N2O6. The Hall–Kier alpha value is -3.26. The lowest BCUT2D eigenvalue weighted by Crippen LogP contribution is -2.32. The maximum absolute atomic E-state index is 12.1. The van der Waals surface area contributed by atoms with E-state index in [0.29, 0.717) is 5.56 Å². The second-order valence-corrected chi connectivity index (χ2v) is 5.16. The number of esters is 1. The first kappa shape index (κ1) is 18.1. The minimum Gasteiger partial charge on any atom is -0.450 e. The summed E-state index contributed by atoms with van der Waals surface area (Å²) in [4.78, 5) is 34.3. The number of carbonyl (C=O) groups excluding carboxylic acids is 2. The van der Waals surface area contributed by atoms with Crippen LogP contribution in [0.4, 0.5) is 11.4 Å². The van der Waals surface area contributed by atoms with E-state index in [9.17, 15) is 24.8 Å². The molecule has 0 aliphatic rings. The molecule has 0 saturated carbocycles. The van der Waals surface area contributed by atoms with Gasteiger partial charge in [0.25, 0.3) is 11.6 Å². The van der Waals surface area contributed by atoms with Crippen molar-refractivity contribution in [3.8, 4) is 0 Å². The third-order valence-corrected chi connectivity index (χ3v) is 3.36. The molecule has 0 saturated heterocycles. The summed E-state index contributed by atoms with van der Waals surface area (Å²) in [6, 6.07) is 13.7. The van der Waals surface area contributed by atoms with Gasteiger partial charge in [-0.15, -0.1) is 0 Å². The first-order chi connectivity index (χ1) is 11.9. The predicted octanol–water partition coefficient (Wildman–Crippen LogP) is 2.20. The van der Waals surface area contributed by atoms with Crippen molar-refractivity contribution in [1.29, 1.82) is 0 Å². The summed E-state index contributed by atoms with van der Waals surface area (Å²) in [7, 11) is 0. The Morgan fingerprint density at radius 3 is 2.36 bits per heavy atom. The first-order valence-corrected chi connectivity index (χ1v) is 7.38. The fourth-order valence-corrected chi connectivity index (χ4v) is 2.04. The smallest absolute Gasteiger partial charge is 0.340 e. The molecule has 0 bridgehead atoms. The van der Waals surface area contributed by atoms with Crippen LogP contribution in [0.15, 0.2) is 54.6 Å². The Morgan fingerprint density at radius 1 is 1.12 bits per heavy atom. The molecule has 0 unspecified atom stereocenters. The SMILES string of the molecule is C[C@@H](OC(=O)[C@@H](O)c1ccccc1)C(=O)Nc1ccccc1[N+](=O)[O-]. The van der Waals surface area contributed by atoms with Gasteiger partial charge in [-0.1, -0.05) is 42.5 Å². The van der Waals surface area contributed by atoms with Gasteiger partial charge in [-0.25, -0.2) is 4.79 Å². The summed E-state index contributed by atoms with van der Waals surface area (Å²) < 4.78 is 4.93. The van der Waals surface area contributed by atoms with E-state index in [0.717, 1.165) is 0 Å². The number of carbonyl (C=O) groups is 2. The second-order valence-electron chi connectivity index (χ2n) is 5.16. The monoisotopic (exact) mass is 344 g/mol. The molecule has 2 rings (SSSR count). The molecule has 2 aromatic rings. The van der Waals surface area contributed by atoms with Crippen molar-refractivity contribution in [2.45, 2.75) is 19.1 Å². The number of amides is 1. The van der Waals surface area contributed by atoms with Crippen molar-refractivity contribution in [3.63, 3.8) is 0 Å². The largest absolute Gasteiger partial charge is 0.450 e. The Labute approximate surface area is 143 Å². The van der Waals surface area contributed by atoms with E-state index in [1.54, 1.807) is 30.3 Å². The molecule has 0 heterocycles. The molecule has 0 aromatic heterocycles. The third-order valence-electron chi connectivity index (χ3n) is 3.36. The van der Waals surface area contributed by atoms with Gasteiger partial charge >= 0.3 is 5.97 Å². The van der Waals surface area contributed by atoms with Crippen molar-refractivity contribution >= 4 is 23.3 Å². The van der Waals surface area contributed by atoms with E-state index in [1.807, 2.05) is 0 Å². The number of nitrogens with one attached hydrogen (secondary N) is 1. The average Bonchev–Trinajstić information content (AvgIpc) is 2.61. The van der Waals surface area contributed by atoms with Crippen LogP contribution < -0.4 is 5.32 Å². The maximum atomic E-state index is 12.1. The van der Waals surface area contributed by atoms with Crippen LogP contribution in [0.3, 0.4) is 0 Å². The quantitative estimate of drug-likeness (QED) is 0.471. The summed E-state index contributed by atoms with van der Waals surface area (Å²) in [5.41, 5.74) is 0.0431. The van der Waals surface area contributed by atoms with Crippen molar-refractivity contribution in [2.75, 3.05) is 5.32 Å². The minimum atomic E-state index is -1.53. The van der Waals surface area contributed by atoms with Crippen molar-refractivity contribution < 1.29 is 24.4 Å². The average molecular weight is 344 g/mol. The zero-order valence-corrected chi connectivity index (χ0v) is 13.3. The molecule has 2 aromatic carbocycles. The van der Waals surface area contributed by atoms with E-state index in [2.05, 4.69) is 5.32 Å². The van der Waals surface area contributed by atoms with Gasteiger partial charge in [0.1, 0.15) is 5.69 Å². The summed E-state index contributed by atoms with van der Waals surface area (Å²) in [5, 5.41) is 23.2.